The molecule has 0 amide bonds. The van der Waals surface area contributed by atoms with Crippen LogP contribution in [-0.4, -0.2) is 46.1 Å². The van der Waals surface area contributed by atoms with Gasteiger partial charge in [-0.3, -0.25) is 4.79 Å². The molecule has 0 aliphatic heterocycles. The summed E-state index contributed by atoms with van der Waals surface area (Å²) in [4.78, 5) is 11.9. The maximum atomic E-state index is 11.9. The van der Waals surface area contributed by atoms with Gasteiger partial charge in [-0.25, -0.2) is 16.8 Å². The Morgan fingerprint density at radius 3 is 2.10 bits per heavy atom. The fraction of sp³-hybridized carbons (Fsp3) is 0.462. The first-order chi connectivity index (χ1) is 9.00. The van der Waals surface area contributed by atoms with Crippen LogP contribution in [0.25, 0.3) is 0 Å². The molecule has 7 heteroatoms. The Morgan fingerprint density at radius 1 is 1.00 bits per heavy atom. The number of aryl methyl sites for hydroxylation is 2. The molecule has 0 N–H and O–H groups in total. The second-order valence-corrected chi connectivity index (χ2v) is 9.39. The van der Waals surface area contributed by atoms with Crippen molar-refractivity contribution in [2.45, 2.75) is 13.8 Å². The number of hydrogen-bond acceptors (Lipinski definition) is 5. The molecule has 0 spiro atoms. The van der Waals surface area contributed by atoms with Crippen LogP contribution < -0.4 is 0 Å². The molecule has 0 unspecified atom stereocenters. The average molecular weight is 318 g/mol. The van der Waals surface area contributed by atoms with Crippen molar-refractivity contribution in [1.29, 1.82) is 0 Å². The van der Waals surface area contributed by atoms with Crippen LogP contribution in [0, 0.1) is 13.8 Å². The zero-order valence-corrected chi connectivity index (χ0v) is 13.3. The normalized spacial score (nSPS) is 12.3. The van der Waals surface area contributed by atoms with Crippen LogP contribution in [0.2, 0.25) is 0 Å². The molecule has 0 saturated carbocycles. The minimum absolute atomic E-state index is 0.330. The van der Waals surface area contributed by atoms with E-state index in [9.17, 15) is 21.6 Å². The molecule has 112 valence electrons. The maximum Gasteiger partial charge on any atom is 0.177 e. The van der Waals surface area contributed by atoms with E-state index in [0.717, 1.165) is 17.4 Å². The topological polar surface area (TPSA) is 85.3 Å². The van der Waals surface area contributed by atoms with Gasteiger partial charge >= 0.3 is 0 Å². The van der Waals surface area contributed by atoms with E-state index < -0.39 is 42.7 Å². The van der Waals surface area contributed by atoms with Crippen molar-refractivity contribution in [3.63, 3.8) is 0 Å². The summed E-state index contributed by atoms with van der Waals surface area (Å²) >= 11 is 0. The fourth-order valence-corrected chi connectivity index (χ4v) is 4.49. The van der Waals surface area contributed by atoms with Gasteiger partial charge in [0, 0.05) is 11.8 Å². The molecule has 1 aromatic rings. The van der Waals surface area contributed by atoms with Gasteiger partial charge in [-0.1, -0.05) is 12.1 Å². The van der Waals surface area contributed by atoms with Gasteiger partial charge in [-0.2, -0.15) is 0 Å². The number of Topliss-reactive ketones (excluding diaryl/α,β-unsaturated/α-hetero) is 1. The summed E-state index contributed by atoms with van der Waals surface area (Å²) < 4.78 is 45.4. The quantitative estimate of drug-likeness (QED) is 0.729. The zero-order chi connectivity index (χ0) is 15.6. The summed E-state index contributed by atoms with van der Waals surface area (Å²) in [6.07, 6.45) is 0.966. The van der Waals surface area contributed by atoms with E-state index >= 15 is 0 Å². The van der Waals surface area contributed by atoms with Crippen LogP contribution >= 0.6 is 0 Å². The van der Waals surface area contributed by atoms with Crippen LogP contribution in [0.1, 0.15) is 21.5 Å². The van der Waals surface area contributed by atoms with Crippen LogP contribution in [0.3, 0.4) is 0 Å². The first kappa shape index (κ1) is 16.8. The van der Waals surface area contributed by atoms with Crippen LogP contribution in [0.5, 0.6) is 0 Å². The first-order valence-corrected chi connectivity index (χ1v) is 9.87. The minimum atomic E-state index is -3.71. The van der Waals surface area contributed by atoms with Crippen LogP contribution in [0.4, 0.5) is 0 Å². The molecular weight excluding hydrogens is 300 g/mol. The highest BCUT2D eigenvalue weighted by Gasteiger charge is 2.20. The molecule has 0 bridgehead atoms. The molecule has 0 aliphatic carbocycles. The predicted molar refractivity (Wildman–Crippen MR) is 78.6 cm³/mol. The summed E-state index contributed by atoms with van der Waals surface area (Å²) in [5, 5.41) is 0. The fourth-order valence-electron chi connectivity index (χ4n) is 1.55. The maximum absolute atomic E-state index is 11.9. The summed E-state index contributed by atoms with van der Waals surface area (Å²) in [5.74, 6) is -2.16. The Labute approximate surface area is 119 Å². The molecule has 0 radical (unpaired) electrons. The van der Waals surface area contributed by atoms with Crippen molar-refractivity contribution in [2.24, 2.45) is 0 Å². The van der Waals surface area contributed by atoms with E-state index in [-0.39, 0.29) is 0 Å². The largest absolute Gasteiger partial charge is 0.293 e. The molecule has 0 atom stereocenters. The molecule has 1 aromatic carbocycles. The summed E-state index contributed by atoms with van der Waals surface area (Å²) in [5.41, 5.74) is 2.25. The summed E-state index contributed by atoms with van der Waals surface area (Å²) in [7, 11) is -7.07. The number of hydrogen-bond donors (Lipinski definition) is 0. The monoisotopic (exact) mass is 318 g/mol. The number of carbonyl (C=O) groups is 1. The van der Waals surface area contributed by atoms with Crippen LogP contribution in [-0.2, 0) is 19.7 Å². The third-order valence-corrected chi connectivity index (χ3v) is 5.68. The standard InChI is InChI=1S/C13H18O5S2/c1-10-4-5-12(8-11(10)2)13(14)9-20(17,18)7-6-19(3,15)16/h4-5,8H,6-7,9H2,1-3H3. The lowest BCUT2D eigenvalue weighted by molar-refractivity contribution is 0.102. The second kappa shape index (κ2) is 6.05. The zero-order valence-electron chi connectivity index (χ0n) is 11.7. The highest BCUT2D eigenvalue weighted by atomic mass is 32.2. The van der Waals surface area contributed by atoms with Crippen LogP contribution in [0.15, 0.2) is 18.2 Å². The molecule has 0 aromatic heterocycles. The van der Waals surface area contributed by atoms with Crippen molar-refractivity contribution < 1.29 is 21.6 Å². The number of rotatable bonds is 6. The van der Waals surface area contributed by atoms with Gasteiger partial charge in [0.15, 0.2) is 15.6 Å². The van der Waals surface area contributed by atoms with Crippen molar-refractivity contribution in [3.05, 3.63) is 34.9 Å². The van der Waals surface area contributed by atoms with E-state index in [1.54, 1.807) is 18.2 Å². The lowest BCUT2D eigenvalue weighted by Crippen LogP contribution is -2.23. The third-order valence-electron chi connectivity index (χ3n) is 2.95. The third kappa shape index (κ3) is 5.42. The van der Waals surface area contributed by atoms with Crippen molar-refractivity contribution in [3.8, 4) is 0 Å². The van der Waals surface area contributed by atoms with E-state index in [4.69, 9.17) is 0 Å². The molecular formula is C13H18O5S2. The highest BCUT2D eigenvalue weighted by Crippen LogP contribution is 2.11. The van der Waals surface area contributed by atoms with Crippen molar-refractivity contribution in [2.75, 3.05) is 23.5 Å². The molecule has 0 saturated heterocycles. The van der Waals surface area contributed by atoms with Gasteiger partial charge in [0.2, 0.25) is 0 Å². The molecule has 20 heavy (non-hydrogen) atoms. The first-order valence-electron chi connectivity index (χ1n) is 5.99. The van der Waals surface area contributed by atoms with Gasteiger partial charge in [-0.05, 0) is 31.0 Å². The van der Waals surface area contributed by atoms with Crippen molar-refractivity contribution >= 4 is 25.5 Å². The Hall–Kier alpha value is -1.21. The average Bonchev–Trinajstić information content (AvgIpc) is 2.29. The Bertz CT molecular complexity index is 715. The van der Waals surface area contributed by atoms with Gasteiger partial charge in [0.25, 0.3) is 0 Å². The number of carbonyl (C=O) groups excluding carboxylic acids is 1. The lowest BCUT2D eigenvalue weighted by Gasteiger charge is -2.06. The highest BCUT2D eigenvalue weighted by molar-refractivity contribution is 7.95. The van der Waals surface area contributed by atoms with Crippen molar-refractivity contribution in [1.82, 2.24) is 0 Å². The summed E-state index contributed by atoms with van der Waals surface area (Å²) in [6.45, 7) is 3.73. The molecule has 1 rings (SSSR count). The van der Waals surface area contributed by atoms with E-state index in [1.807, 2.05) is 13.8 Å². The van der Waals surface area contributed by atoms with Gasteiger partial charge < -0.3 is 0 Å². The SMILES string of the molecule is Cc1ccc(C(=O)CS(=O)(=O)CCS(C)(=O)=O)cc1C. The molecule has 0 aliphatic rings. The van der Waals surface area contributed by atoms with Gasteiger partial charge in [0.05, 0.1) is 11.5 Å². The van der Waals surface area contributed by atoms with Gasteiger partial charge in [-0.15, -0.1) is 0 Å². The molecule has 5 nitrogen and oxygen atoms in total. The lowest BCUT2D eigenvalue weighted by atomic mass is 10.0. The number of benzene rings is 1. The smallest absolute Gasteiger partial charge is 0.177 e. The number of ketones is 1. The van der Waals surface area contributed by atoms with E-state index in [0.29, 0.717) is 5.56 Å². The Balaban J connectivity index is 2.81. The van der Waals surface area contributed by atoms with E-state index in [2.05, 4.69) is 0 Å². The molecule has 0 heterocycles. The Kier molecular flexibility index (Phi) is 5.10. The second-order valence-electron chi connectivity index (χ2n) is 4.94. The summed E-state index contributed by atoms with van der Waals surface area (Å²) in [6, 6.07) is 4.98. The Morgan fingerprint density at radius 2 is 1.60 bits per heavy atom. The van der Waals surface area contributed by atoms with E-state index in [1.165, 1.54) is 0 Å². The minimum Gasteiger partial charge on any atom is -0.293 e. The number of sulfone groups is 2. The predicted octanol–water partition coefficient (Wildman–Crippen LogP) is 0.946. The molecule has 0 fully saturated rings. The van der Waals surface area contributed by atoms with Gasteiger partial charge in [0.1, 0.15) is 15.6 Å².